The zero-order valence-corrected chi connectivity index (χ0v) is 22.9. The maximum Gasteiger partial charge on any atom is 0.155 e. The Labute approximate surface area is 235 Å². The fourth-order valence-corrected chi connectivity index (χ4v) is 4.88. The van der Waals surface area contributed by atoms with Crippen molar-refractivity contribution in [1.29, 1.82) is 0 Å². The van der Waals surface area contributed by atoms with E-state index in [4.69, 9.17) is 30.5 Å². The molecule has 0 N–H and O–H groups in total. The lowest BCUT2D eigenvalue weighted by Gasteiger charge is -2.23. The molecule has 0 bridgehead atoms. The normalized spacial score (nSPS) is 15.3. The van der Waals surface area contributed by atoms with Gasteiger partial charge < -0.3 is 18.9 Å². The minimum absolute atomic E-state index is 0.0956. The average molecular weight is 562 g/mol. The maximum atomic E-state index is 6.13. The van der Waals surface area contributed by atoms with E-state index in [1.807, 2.05) is 53.5 Å². The number of fused-ring (bicyclic) bond motifs is 1. The van der Waals surface area contributed by atoms with Gasteiger partial charge in [-0.25, -0.2) is 9.36 Å². The molecule has 2 aromatic carbocycles. The second kappa shape index (κ2) is 11.5. The summed E-state index contributed by atoms with van der Waals surface area (Å²) in [5, 5.41) is 22.9. The zero-order valence-electron chi connectivity index (χ0n) is 22.2. The van der Waals surface area contributed by atoms with Crippen molar-refractivity contribution in [3.63, 3.8) is 0 Å². The Morgan fingerprint density at radius 3 is 2.62 bits per heavy atom. The van der Waals surface area contributed by atoms with Gasteiger partial charge >= 0.3 is 0 Å². The smallest absolute Gasteiger partial charge is 0.155 e. The number of rotatable bonds is 9. The van der Waals surface area contributed by atoms with Crippen LogP contribution >= 0.6 is 11.6 Å². The Morgan fingerprint density at radius 2 is 1.85 bits per heavy atom. The van der Waals surface area contributed by atoms with Crippen molar-refractivity contribution in [3.8, 4) is 28.5 Å². The van der Waals surface area contributed by atoms with E-state index in [0.29, 0.717) is 29.5 Å². The third-order valence-electron chi connectivity index (χ3n) is 6.83. The molecule has 11 nitrogen and oxygen atoms in total. The highest BCUT2D eigenvalue weighted by Gasteiger charge is 2.22. The molecule has 0 aliphatic carbocycles. The van der Waals surface area contributed by atoms with Crippen LogP contribution in [0.3, 0.4) is 0 Å². The zero-order chi connectivity index (χ0) is 27.5. The van der Waals surface area contributed by atoms with E-state index in [-0.39, 0.29) is 17.9 Å². The Balaban J connectivity index is 1.26. The Hall–Kier alpha value is -4.22. The first-order chi connectivity index (χ1) is 19.6. The second-order valence-electron chi connectivity index (χ2n) is 9.43. The van der Waals surface area contributed by atoms with Gasteiger partial charge in [0.1, 0.15) is 35.2 Å². The predicted octanol–water partition coefficient (Wildman–Crippen LogP) is 5.08. The summed E-state index contributed by atoms with van der Waals surface area (Å²) in [6.45, 7) is 1.35. The number of halogens is 1. The number of methoxy groups -OCH3 is 2. The van der Waals surface area contributed by atoms with Crippen molar-refractivity contribution in [2.24, 2.45) is 0 Å². The second-order valence-corrected chi connectivity index (χ2v) is 9.82. The molecular formula is C28H28ClN7O4. The van der Waals surface area contributed by atoms with Gasteiger partial charge in [0, 0.05) is 29.7 Å². The molecule has 1 atom stereocenters. The number of nitrogens with zero attached hydrogens (tertiary/aromatic N) is 7. The topological polar surface area (TPSA) is 111 Å². The molecule has 3 aromatic heterocycles. The van der Waals surface area contributed by atoms with Crippen molar-refractivity contribution < 1.29 is 18.9 Å². The maximum absolute atomic E-state index is 6.13. The van der Waals surface area contributed by atoms with E-state index in [2.05, 4.69) is 25.6 Å². The summed E-state index contributed by atoms with van der Waals surface area (Å²) in [6, 6.07) is 13.2. The van der Waals surface area contributed by atoms with Crippen molar-refractivity contribution in [2.75, 3.05) is 20.8 Å². The third-order valence-corrected chi connectivity index (χ3v) is 7.02. The van der Waals surface area contributed by atoms with E-state index in [9.17, 15) is 0 Å². The SMILES string of the molecule is COc1ccc(COc2cc(Cl)nnc2Cn2cc(-c3cc(OC)cc4c3cnn4C3CCCCO3)nn2)cc1. The molecule has 1 aliphatic heterocycles. The first-order valence-electron chi connectivity index (χ1n) is 13.0. The Kier molecular flexibility index (Phi) is 7.47. The molecule has 1 aliphatic rings. The van der Waals surface area contributed by atoms with Gasteiger partial charge in [-0.2, -0.15) is 5.10 Å². The first kappa shape index (κ1) is 26.0. The molecule has 40 heavy (non-hydrogen) atoms. The van der Waals surface area contributed by atoms with E-state index in [1.54, 1.807) is 25.0 Å². The monoisotopic (exact) mass is 561 g/mol. The summed E-state index contributed by atoms with van der Waals surface area (Å²) < 4.78 is 26.5. The number of hydrogen-bond acceptors (Lipinski definition) is 9. The molecule has 12 heteroatoms. The summed E-state index contributed by atoms with van der Waals surface area (Å²) in [7, 11) is 3.28. The lowest BCUT2D eigenvalue weighted by atomic mass is 10.1. The summed E-state index contributed by atoms with van der Waals surface area (Å²) in [6.07, 6.45) is 6.70. The minimum atomic E-state index is -0.0956. The quantitative estimate of drug-likeness (QED) is 0.243. The lowest BCUT2D eigenvalue weighted by molar-refractivity contribution is -0.0366. The van der Waals surface area contributed by atoms with E-state index >= 15 is 0 Å². The molecule has 206 valence electrons. The standard InChI is InChI=1S/C28H28ClN7O4/c1-37-19-8-6-18(7-9-19)17-40-26-13-27(29)33-31-24(26)16-35-15-23(32-34-35)21-11-20(38-2)12-25-22(21)14-30-36(25)28-5-3-4-10-39-28/h6-9,11-15,28H,3-5,10,16-17H2,1-2H3. The lowest BCUT2D eigenvalue weighted by Crippen LogP contribution is -2.18. The molecule has 0 spiro atoms. The predicted molar refractivity (Wildman–Crippen MR) is 148 cm³/mol. The summed E-state index contributed by atoms with van der Waals surface area (Å²) in [5.74, 6) is 2.00. The van der Waals surface area contributed by atoms with Gasteiger partial charge in [-0.1, -0.05) is 28.9 Å². The highest BCUT2D eigenvalue weighted by molar-refractivity contribution is 6.29. The van der Waals surface area contributed by atoms with Gasteiger partial charge in [0.15, 0.2) is 11.4 Å². The summed E-state index contributed by atoms with van der Waals surface area (Å²) in [5.41, 5.74) is 4.02. The van der Waals surface area contributed by atoms with Crippen LogP contribution in [-0.2, 0) is 17.9 Å². The Morgan fingerprint density at radius 1 is 1.00 bits per heavy atom. The highest BCUT2D eigenvalue weighted by Crippen LogP contribution is 2.35. The van der Waals surface area contributed by atoms with E-state index in [0.717, 1.165) is 53.6 Å². The molecule has 1 unspecified atom stereocenters. The molecule has 0 saturated carbocycles. The molecule has 6 rings (SSSR count). The number of benzene rings is 2. The van der Waals surface area contributed by atoms with Crippen LogP contribution in [0.5, 0.6) is 17.2 Å². The van der Waals surface area contributed by atoms with Crippen LogP contribution in [0.25, 0.3) is 22.2 Å². The van der Waals surface area contributed by atoms with Crippen molar-refractivity contribution >= 4 is 22.5 Å². The van der Waals surface area contributed by atoms with Crippen molar-refractivity contribution in [3.05, 3.63) is 71.3 Å². The van der Waals surface area contributed by atoms with E-state index < -0.39 is 0 Å². The minimum Gasteiger partial charge on any atom is -0.497 e. The van der Waals surface area contributed by atoms with Gasteiger partial charge in [-0.3, -0.25) is 0 Å². The van der Waals surface area contributed by atoms with Crippen molar-refractivity contribution in [2.45, 2.75) is 38.6 Å². The molecule has 5 aromatic rings. The van der Waals surface area contributed by atoms with Crippen LogP contribution in [0.1, 0.15) is 36.7 Å². The molecule has 1 fully saturated rings. The van der Waals surface area contributed by atoms with Crippen LogP contribution in [0.15, 0.2) is 54.9 Å². The molecular weight excluding hydrogens is 534 g/mol. The number of aromatic nitrogens is 7. The fraction of sp³-hybridized carbons (Fsp3) is 0.321. The van der Waals surface area contributed by atoms with E-state index in [1.165, 1.54) is 0 Å². The van der Waals surface area contributed by atoms with Crippen LogP contribution in [-0.4, -0.2) is 55.8 Å². The van der Waals surface area contributed by atoms with Gasteiger partial charge in [-0.15, -0.1) is 15.3 Å². The molecule has 4 heterocycles. The van der Waals surface area contributed by atoms with Gasteiger partial charge in [-0.05, 0) is 43.0 Å². The number of ether oxygens (including phenoxy) is 4. The summed E-state index contributed by atoms with van der Waals surface area (Å²) >= 11 is 6.13. The average Bonchev–Trinajstić information content (AvgIpc) is 3.65. The first-order valence-corrected chi connectivity index (χ1v) is 13.3. The van der Waals surface area contributed by atoms with Crippen molar-refractivity contribution in [1.82, 2.24) is 35.0 Å². The van der Waals surface area contributed by atoms with Gasteiger partial charge in [0.2, 0.25) is 0 Å². The summed E-state index contributed by atoms with van der Waals surface area (Å²) in [4.78, 5) is 0. The largest absolute Gasteiger partial charge is 0.497 e. The molecule has 0 amide bonds. The van der Waals surface area contributed by atoms with Gasteiger partial charge in [0.25, 0.3) is 0 Å². The highest BCUT2D eigenvalue weighted by atomic mass is 35.5. The van der Waals surface area contributed by atoms with Crippen LogP contribution < -0.4 is 14.2 Å². The third kappa shape index (κ3) is 5.43. The van der Waals surface area contributed by atoms with Crippen LogP contribution in [0.4, 0.5) is 0 Å². The van der Waals surface area contributed by atoms with Crippen LogP contribution in [0, 0.1) is 0 Å². The molecule has 1 saturated heterocycles. The molecule has 0 radical (unpaired) electrons. The van der Waals surface area contributed by atoms with Crippen LogP contribution in [0.2, 0.25) is 5.15 Å². The fourth-order valence-electron chi connectivity index (χ4n) is 4.74. The number of hydrogen-bond donors (Lipinski definition) is 0. The van der Waals surface area contributed by atoms with Gasteiger partial charge in [0.05, 0.1) is 38.7 Å². The Bertz CT molecular complexity index is 1610.